The third-order valence-corrected chi connectivity index (χ3v) is 12.4. The largest absolute Gasteiger partial charge is 0.463 e. The van der Waals surface area contributed by atoms with E-state index in [4.69, 9.17) is 14.5 Å². The fourth-order valence-corrected chi connectivity index (χ4v) is 10.5. The van der Waals surface area contributed by atoms with E-state index in [1.807, 2.05) is 6.07 Å². The van der Waals surface area contributed by atoms with Crippen LogP contribution in [0.5, 0.6) is 0 Å². The number of nitrogens with zero attached hydrogens (tertiary/aromatic N) is 1. The van der Waals surface area contributed by atoms with Gasteiger partial charge in [-0.15, -0.1) is 0 Å². The van der Waals surface area contributed by atoms with Crippen molar-refractivity contribution in [1.82, 2.24) is 9.97 Å². The summed E-state index contributed by atoms with van der Waals surface area (Å²) in [5.41, 5.74) is 2.39. The molecule has 1 aromatic carbocycles. The first-order chi connectivity index (χ1) is 19.1. The number of hydrogen-bond acceptors (Lipinski definition) is 5. The number of esters is 2. The van der Waals surface area contributed by atoms with Crippen molar-refractivity contribution in [3.8, 4) is 0 Å². The van der Waals surface area contributed by atoms with Gasteiger partial charge in [0, 0.05) is 25.7 Å². The van der Waals surface area contributed by atoms with Crippen LogP contribution in [0.15, 0.2) is 24.3 Å². The van der Waals surface area contributed by atoms with Crippen molar-refractivity contribution in [3.05, 3.63) is 30.1 Å². The molecule has 0 spiro atoms. The van der Waals surface area contributed by atoms with Crippen LogP contribution in [0.2, 0.25) is 0 Å². The Hall–Kier alpha value is -2.37. The van der Waals surface area contributed by atoms with Gasteiger partial charge in [-0.05, 0) is 111 Å². The number of benzene rings is 1. The summed E-state index contributed by atoms with van der Waals surface area (Å²) in [7, 11) is 0. The highest BCUT2D eigenvalue weighted by molar-refractivity contribution is 5.74. The maximum atomic E-state index is 12.5. The number of para-hydroxylation sites is 2. The van der Waals surface area contributed by atoms with Gasteiger partial charge in [0.1, 0.15) is 18.0 Å². The second kappa shape index (κ2) is 10.5. The first kappa shape index (κ1) is 27.8. The first-order valence-corrected chi connectivity index (χ1v) is 15.9. The van der Waals surface area contributed by atoms with Gasteiger partial charge in [-0.25, -0.2) is 4.98 Å². The molecule has 4 saturated carbocycles. The summed E-state index contributed by atoms with van der Waals surface area (Å²) in [4.78, 5) is 32.5. The van der Waals surface area contributed by atoms with E-state index in [0.717, 1.165) is 55.4 Å². The number of imidazole rings is 1. The smallest absolute Gasteiger partial charge is 0.302 e. The van der Waals surface area contributed by atoms with Gasteiger partial charge in [-0.2, -0.15) is 0 Å². The number of H-pyrrole nitrogens is 1. The number of aromatic amines is 1. The van der Waals surface area contributed by atoms with Gasteiger partial charge in [0.25, 0.3) is 0 Å². The Balaban J connectivity index is 1.22. The Kier molecular flexibility index (Phi) is 7.28. The minimum atomic E-state index is -0.155. The Morgan fingerprint density at radius 1 is 1.00 bits per heavy atom. The topological polar surface area (TPSA) is 81.3 Å². The summed E-state index contributed by atoms with van der Waals surface area (Å²) < 4.78 is 12.0. The number of carbonyl (C=O) groups excluding carboxylic acids is 2. The van der Waals surface area contributed by atoms with Gasteiger partial charge < -0.3 is 14.5 Å². The summed E-state index contributed by atoms with van der Waals surface area (Å²) in [6.07, 6.45) is 11.0. The quantitative estimate of drug-likeness (QED) is 0.384. The molecule has 0 amide bonds. The lowest BCUT2D eigenvalue weighted by Crippen LogP contribution is -2.59. The molecule has 40 heavy (non-hydrogen) atoms. The molecule has 0 bridgehead atoms. The number of hydrogen-bond donors (Lipinski definition) is 1. The maximum Gasteiger partial charge on any atom is 0.302 e. The van der Waals surface area contributed by atoms with Crippen molar-refractivity contribution in [2.75, 3.05) is 0 Å². The fourth-order valence-electron chi connectivity index (χ4n) is 10.5. The number of carbonyl (C=O) groups is 2. The van der Waals surface area contributed by atoms with Crippen LogP contribution in [0.3, 0.4) is 0 Å². The SMILES string of the molecule is CC(=O)O[C@H]1CC[C@@]2(C)[C@H](CC[C@H]3[C@H]2C[C@H](OC(C)=O)[C@]2(C)[C@@H]([C@@H](C)CCc4nc5ccccc5[nH]4)CC[C@@H]32)C1. The van der Waals surface area contributed by atoms with E-state index in [-0.39, 0.29) is 35.0 Å². The van der Waals surface area contributed by atoms with Crippen molar-refractivity contribution in [2.24, 2.45) is 46.3 Å². The zero-order valence-electron chi connectivity index (χ0n) is 25.1. The normalized spacial score (nSPS) is 39.6. The summed E-state index contributed by atoms with van der Waals surface area (Å²) >= 11 is 0. The van der Waals surface area contributed by atoms with Crippen LogP contribution in [0.1, 0.15) is 98.2 Å². The Bertz CT molecular complexity index is 1220. The van der Waals surface area contributed by atoms with Gasteiger partial charge in [-0.3, -0.25) is 9.59 Å². The second-order valence-corrected chi connectivity index (χ2v) is 14.3. The van der Waals surface area contributed by atoms with Crippen LogP contribution < -0.4 is 0 Å². The summed E-state index contributed by atoms with van der Waals surface area (Å²) in [6.45, 7) is 10.5. The van der Waals surface area contributed by atoms with Crippen LogP contribution in [-0.4, -0.2) is 34.1 Å². The third-order valence-electron chi connectivity index (χ3n) is 12.4. The Morgan fingerprint density at radius 3 is 2.52 bits per heavy atom. The zero-order valence-corrected chi connectivity index (χ0v) is 25.1. The average Bonchev–Trinajstić information content (AvgIpc) is 3.49. The number of aryl methyl sites for hydroxylation is 1. The fraction of sp³-hybridized carbons (Fsp3) is 0.735. The molecule has 0 aliphatic heterocycles. The van der Waals surface area contributed by atoms with Crippen LogP contribution in [0.4, 0.5) is 0 Å². The van der Waals surface area contributed by atoms with Gasteiger partial charge in [-0.1, -0.05) is 32.9 Å². The molecule has 6 heteroatoms. The van der Waals surface area contributed by atoms with Crippen molar-refractivity contribution in [3.63, 3.8) is 0 Å². The van der Waals surface area contributed by atoms with E-state index in [2.05, 4.69) is 44.0 Å². The molecule has 0 unspecified atom stereocenters. The van der Waals surface area contributed by atoms with E-state index in [1.165, 1.54) is 32.6 Å². The highest BCUT2D eigenvalue weighted by Crippen LogP contribution is 2.69. The molecule has 0 radical (unpaired) electrons. The molecule has 4 aliphatic carbocycles. The van der Waals surface area contributed by atoms with Crippen molar-refractivity contribution < 1.29 is 19.1 Å². The number of fused-ring (bicyclic) bond motifs is 6. The Labute approximate surface area is 239 Å². The van der Waals surface area contributed by atoms with Crippen molar-refractivity contribution in [2.45, 2.75) is 111 Å². The molecule has 218 valence electrons. The first-order valence-electron chi connectivity index (χ1n) is 15.9. The zero-order chi connectivity index (χ0) is 28.2. The molecule has 0 saturated heterocycles. The summed E-state index contributed by atoms with van der Waals surface area (Å²) in [5.74, 6) is 4.28. The molecule has 10 atom stereocenters. The van der Waals surface area contributed by atoms with Gasteiger partial charge in [0.05, 0.1) is 11.0 Å². The molecule has 6 nitrogen and oxygen atoms in total. The van der Waals surface area contributed by atoms with E-state index < -0.39 is 0 Å². The van der Waals surface area contributed by atoms with Crippen LogP contribution >= 0.6 is 0 Å². The minimum Gasteiger partial charge on any atom is -0.463 e. The van der Waals surface area contributed by atoms with E-state index >= 15 is 0 Å². The van der Waals surface area contributed by atoms with Gasteiger partial charge in [0.15, 0.2) is 0 Å². The van der Waals surface area contributed by atoms with Crippen LogP contribution in [0.25, 0.3) is 11.0 Å². The van der Waals surface area contributed by atoms with Crippen LogP contribution in [-0.2, 0) is 25.5 Å². The summed E-state index contributed by atoms with van der Waals surface area (Å²) in [5, 5.41) is 0. The number of ether oxygens (including phenoxy) is 2. The van der Waals surface area contributed by atoms with Crippen molar-refractivity contribution in [1.29, 1.82) is 0 Å². The molecule has 4 fully saturated rings. The molecular weight excluding hydrogens is 500 g/mol. The van der Waals surface area contributed by atoms with E-state index in [1.54, 1.807) is 6.92 Å². The lowest BCUT2D eigenvalue weighted by Gasteiger charge is -2.62. The Morgan fingerprint density at radius 2 is 1.77 bits per heavy atom. The third kappa shape index (κ3) is 4.67. The molecule has 4 aliphatic rings. The molecule has 2 aromatic rings. The number of nitrogens with one attached hydrogen (secondary N) is 1. The second-order valence-electron chi connectivity index (χ2n) is 14.3. The molecule has 6 rings (SSSR count). The molecule has 1 aromatic heterocycles. The highest BCUT2D eigenvalue weighted by Gasteiger charge is 2.65. The standard InChI is InChI=1S/C34H48N2O4/c1-20(10-15-32-35-29-8-6-7-9-30(29)36-32)26-13-14-27-25-12-11-23-18-24(39-21(2)37)16-17-33(23,4)28(25)19-31(34(26,27)5)40-22(3)38/h6-9,20,23-28,31H,10-19H2,1-5H3,(H,35,36)/t20-,23+,24-,25+,26+,27-,28+,31-,33-,34+/m0/s1. The minimum absolute atomic E-state index is 0.0122. The lowest BCUT2D eigenvalue weighted by atomic mass is 9.43. The van der Waals surface area contributed by atoms with Crippen molar-refractivity contribution >= 4 is 23.0 Å². The van der Waals surface area contributed by atoms with E-state index in [0.29, 0.717) is 35.5 Å². The van der Waals surface area contributed by atoms with Gasteiger partial charge in [0.2, 0.25) is 0 Å². The number of aromatic nitrogens is 2. The monoisotopic (exact) mass is 548 g/mol. The molecule has 1 N–H and O–H groups in total. The lowest BCUT2D eigenvalue weighted by molar-refractivity contribution is -0.197. The predicted octanol–water partition coefficient (Wildman–Crippen LogP) is 7.26. The summed E-state index contributed by atoms with van der Waals surface area (Å²) in [6, 6.07) is 8.26. The van der Waals surface area contributed by atoms with Gasteiger partial charge >= 0.3 is 11.9 Å². The average molecular weight is 549 g/mol. The van der Waals surface area contributed by atoms with E-state index in [9.17, 15) is 9.59 Å². The maximum absolute atomic E-state index is 12.5. The van der Waals surface area contributed by atoms with Crippen LogP contribution in [0, 0.1) is 46.3 Å². The number of rotatable bonds is 6. The molecular formula is C34H48N2O4. The highest BCUT2D eigenvalue weighted by atomic mass is 16.5. The molecule has 1 heterocycles. The predicted molar refractivity (Wildman–Crippen MR) is 155 cm³/mol.